The third-order valence-corrected chi connectivity index (χ3v) is 2.37. The minimum Gasteiger partial charge on any atom is -0.330 e. The average Bonchev–Trinajstić information content (AvgIpc) is 2.22. The van der Waals surface area contributed by atoms with Crippen LogP contribution in [0, 0.1) is 5.82 Å². The van der Waals surface area contributed by atoms with E-state index in [2.05, 4.69) is 0 Å². The van der Waals surface area contributed by atoms with Crippen molar-refractivity contribution in [2.75, 3.05) is 6.54 Å². The summed E-state index contributed by atoms with van der Waals surface area (Å²) in [5.41, 5.74) is 5.63. The lowest BCUT2D eigenvalue weighted by Crippen LogP contribution is -2.08. The van der Waals surface area contributed by atoms with Gasteiger partial charge in [-0.1, -0.05) is 23.7 Å². The van der Waals surface area contributed by atoms with Gasteiger partial charge in [0.05, 0.1) is 5.02 Å². The Hall–Kier alpha value is -0.930. The maximum Gasteiger partial charge on any atom is 0.145 e. The zero-order valence-corrected chi connectivity index (χ0v) is 9.06. The maximum atomic E-state index is 13.4. The highest BCUT2D eigenvalue weighted by Crippen LogP contribution is 2.18. The largest absolute Gasteiger partial charge is 0.330 e. The molecule has 0 fully saturated rings. The molecule has 0 spiro atoms. The van der Waals surface area contributed by atoms with Gasteiger partial charge in [-0.15, -0.1) is 0 Å². The molecule has 1 aromatic rings. The lowest BCUT2D eigenvalue weighted by molar-refractivity contribution is -0.118. The highest BCUT2D eigenvalue weighted by Gasteiger charge is 2.10. The Morgan fingerprint density at radius 3 is 2.87 bits per heavy atom. The fourth-order valence-corrected chi connectivity index (χ4v) is 1.48. The maximum absolute atomic E-state index is 13.4. The molecule has 1 aromatic carbocycles. The zero-order valence-electron chi connectivity index (χ0n) is 8.30. The molecule has 82 valence electrons. The number of rotatable bonds is 5. The van der Waals surface area contributed by atoms with Crippen molar-refractivity contribution in [1.29, 1.82) is 0 Å². The standard InChI is InChI=1S/C11H13ClFNO/c12-10-5-1-3-8(11(10)13)7-9(15)4-2-6-14/h1,3,5H,2,4,6-7,14H2. The summed E-state index contributed by atoms with van der Waals surface area (Å²) in [6.07, 6.45) is 1.12. The molecule has 2 N–H and O–H groups in total. The number of ketones is 1. The van der Waals surface area contributed by atoms with Crippen LogP contribution in [0.5, 0.6) is 0 Å². The van der Waals surface area contributed by atoms with Crippen LogP contribution in [0.4, 0.5) is 4.39 Å². The summed E-state index contributed by atoms with van der Waals surface area (Å²) in [5, 5.41) is 0.0547. The molecule has 0 saturated heterocycles. The number of carbonyl (C=O) groups excluding carboxylic acids is 1. The van der Waals surface area contributed by atoms with E-state index in [0.717, 1.165) is 0 Å². The Morgan fingerprint density at radius 2 is 2.20 bits per heavy atom. The number of benzene rings is 1. The molecule has 0 aromatic heterocycles. The van der Waals surface area contributed by atoms with Crippen LogP contribution in [0.1, 0.15) is 18.4 Å². The summed E-state index contributed by atoms with van der Waals surface area (Å²) in [6, 6.07) is 4.67. The number of nitrogens with two attached hydrogens (primary N) is 1. The smallest absolute Gasteiger partial charge is 0.145 e. The molecule has 0 unspecified atom stereocenters. The van der Waals surface area contributed by atoms with E-state index in [0.29, 0.717) is 24.9 Å². The number of Topliss-reactive ketones (excluding diaryl/α,β-unsaturated/α-hetero) is 1. The predicted octanol–water partition coefficient (Wildman–Crippen LogP) is 2.33. The molecule has 0 radical (unpaired) electrons. The Labute approximate surface area is 93.2 Å². The van der Waals surface area contributed by atoms with E-state index in [1.54, 1.807) is 12.1 Å². The summed E-state index contributed by atoms with van der Waals surface area (Å²) in [5.74, 6) is -0.512. The Morgan fingerprint density at radius 1 is 1.47 bits per heavy atom. The lowest BCUT2D eigenvalue weighted by Gasteiger charge is -2.03. The minimum atomic E-state index is -0.500. The Balaban J connectivity index is 2.64. The van der Waals surface area contributed by atoms with Gasteiger partial charge in [0.2, 0.25) is 0 Å². The van der Waals surface area contributed by atoms with Crippen molar-refractivity contribution in [1.82, 2.24) is 0 Å². The normalized spacial score (nSPS) is 10.3. The topological polar surface area (TPSA) is 43.1 Å². The van der Waals surface area contributed by atoms with Gasteiger partial charge in [0, 0.05) is 12.8 Å². The third kappa shape index (κ3) is 3.61. The highest BCUT2D eigenvalue weighted by molar-refractivity contribution is 6.30. The first-order valence-electron chi connectivity index (χ1n) is 4.80. The molecule has 4 heteroatoms. The second-order valence-electron chi connectivity index (χ2n) is 3.32. The van der Waals surface area contributed by atoms with Crippen LogP contribution in [-0.2, 0) is 11.2 Å². The molecular weight excluding hydrogens is 217 g/mol. The molecule has 15 heavy (non-hydrogen) atoms. The van der Waals surface area contributed by atoms with Crippen LogP contribution in [-0.4, -0.2) is 12.3 Å². The van der Waals surface area contributed by atoms with Gasteiger partial charge >= 0.3 is 0 Å². The van der Waals surface area contributed by atoms with Crippen molar-refractivity contribution in [3.63, 3.8) is 0 Å². The van der Waals surface area contributed by atoms with Crippen LogP contribution in [0.15, 0.2) is 18.2 Å². The van der Waals surface area contributed by atoms with E-state index < -0.39 is 5.82 Å². The molecule has 0 aliphatic heterocycles. The number of carbonyl (C=O) groups is 1. The zero-order chi connectivity index (χ0) is 11.3. The lowest BCUT2D eigenvalue weighted by atomic mass is 10.1. The van der Waals surface area contributed by atoms with Crippen molar-refractivity contribution >= 4 is 17.4 Å². The fraction of sp³-hybridized carbons (Fsp3) is 0.364. The van der Waals surface area contributed by atoms with Gasteiger partial charge in [-0.25, -0.2) is 4.39 Å². The van der Waals surface area contributed by atoms with Crippen molar-refractivity contribution in [2.45, 2.75) is 19.3 Å². The second-order valence-corrected chi connectivity index (χ2v) is 3.73. The van der Waals surface area contributed by atoms with Crippen molar-refractivity contribution < 1.29 is 9.18 Å². The fourth-order valence-electron chi connectivity index (χ4n) is 1.29. The van der Waals surface area contributed by atoms with E-state index in [-0.39, 0.29) is 17.2 Å². The van der Waals surface area contributed by atoms with Crippen LogP contribution >= 0.6 is 11.6 Å². The van der Waals surface area contributed by atoms with Gasteiger partial charge < -0.3 is 5.73 Å². The minimum absolute atomic E-state index is 0.0124. The molecule has 0 amide bonds. The summed E-state index contributed by atoms with van der Waals surface area (Å²) >= 11 is 5.60. The Bertz CT molecular complexity index is 354. The molecule has 0 aliphatic rings. The van der Waals surface area contributed by atoms with Crippen LogP contribution in [0.25, 0.3) is 0 Å². The summed E-state index contributed by atoms with van der Waals surface area (Å²) in [7, 11) is 0. The number of hydrogen-bond donors (Lipinski definition) is 1. The summed E-state index contributed by atoms with van der Waals surface area (Å²) in [4.78, 5) is 11.4. The van der Waals surface area contributed by atoms with Gasteiger partial charge in [0.1, 0.15) is 11.6 Å². The van der Waals surface area contributed by atoms with Crippen LogP contribution in [0.3, 0.4) is 0 Å². The first-order chi connectivity index (χ1) is 7.15. The predicted molar refractivity (Wildman–Crippen MR) is 58.4 cm³/mol. The Kier molecular flexibility index (Phi) is 4.72. The number of hydrogen-bond acceptors (Lipinski definition) is 2. The van der Waals surface area contributed by atoms with Crippen molar-refractivity contribution in [2.24, 2.45) is 5.73 Å². The van der Waals surface area contributed by atoms with Crippen LogP contribution in [0.2, 0.25) is 5.02 Å². The van der Waals surface area contributed by atoms with E-state index in [1.165, 1.54) is 6.07 Å². The molecule has 2 nitrogen and oxygen atoms in total. The SMILES string of the molecule is NCCCC(=O)Cc1cccc(Cl)c1F. The van der Waals surface area contributed by atoms with Gasteiger partial charge in [0.25, 0.3) is 0 Å². The average molecular weight is 230 g/mol. The van der Waals surface area contributed by atoms with E-state index in [1.807, 2.05) is 0 Å². The molecule has 0 saturated carbocycles. The van der Waals surface area contributed by atoms with Gasteiger partial charge in [-0.3, -0.25) is 4.79 Å². The quantitative estimate of drug-likeness (QED) is 0.842. The molecule has 1 rings (SSSR count). The van der Waals surface area contributed by atoms with E-state index in [9.17, 15) is 9.18 Å². The second kappa shape index (κ2) is 5.83. The first-order valence-corrected chi connectivity index (χ1v) is 5.17. The van der Waals surface area contributed by atoms with E-state index >= 15 is 0 Å². The monoisotopic (exact) mass is 229 g/mol. The van der Waals surface area contributed by atoms with Crippen molar-refractivity contribution in [3.05, 3.63) is 34.6 Å². The molecular formula is C11H13ClFNO. The first kappa shape index (κ1) is 12.1. The van der Waals surface area contributed by atoms with Crippen LogP contribution < -0.4 is 5.73 Å². The summed E-state index contributed by atoms with van der Waals surface area (Å²) < 4.78 is 13.4. The van der Waals surface area contributed by atoms with E-state index in [4.69, 9.17) is 17.3 Å². The molecule has 0 atom stereocenters. The van der Waals surface area contributed by atoms with Crippen molar-refractivity contribution in [3.8, 4) is 0 Å². The molecule has 0 aliphatic carbocycles. The van der Waals surface area contributed by atoms with Gasteiger partial charge in [-0.05, 0) is 24.6 Å². The number of halogens is 2. The highest BCUT2D eigenvalue weighted by atomic mass is 35.5. The summed E-state index contributed by atoms with van der Waals surface area (Å²) in [6.45, 7) is 0.476. The molecule has 0 heterocycles. The van der Waals surface area contributed by atoms with Gasteiger partial charge in [-0.2, -0.15) is 0 Å². The van der Waals surface area contributed by atoms with Gasteiger partial charge in [0.15, 0.2) is 0 Å². The molecule has 0 bridgehead atoms. The third-order valence-electron chi connectivity index (χ3n) is 2.08.